The number of nitrogens with one attached hydrogen (secondary N) is 1. The molecular formula is C12H20N2O5S. The molecule has 0 saturated carbocycles. The second-order valence-corrected chi connectivity index (χ2v) is 5.97. The number of benzene rings is 1. The van der Waals surface area contributed by atoms with Crippen molar-refractivity contribution >= 4 is 15.9 Å². The number of hydrogen-bond donors (Lipinski definition) is 2. The molecule has 0 radical (unpaired) electrons. The van der Waals surface area contributed by atoms with E-state index in [2.05, 4.69) is 4.72 Å². The predicted molar refractivity (Wildman–Crippen MR) is 75.9 cm³/mol. The molecule has 0 spiro atoms. The maximum atomic E-state index is 12.1. The van der Waals surface area contributed by atoms with E-state index in [9.17, 15) is 13.5 Å². The number of hydrogen-bond acceptors (Lipinski definition) is 5. The van der Waals surface area contributed by atoms with Gasteiger partial charge < -0.3 is 14.6 Å². The molecule has 0 amide bonds. The third-order valence-electron chi connectivity index (χ3n) is 2.65. The van der Waals surface area contributed by atoms with Gasteiger partial charge in [-0.3, -0.25) is 4.72 Å². The third-order valence-corrected chi connectivity index (χ3v) is 4.13. The summed E-state index contributed by atoms with van der Waals surface area (Å²) < 4.78 is 37.7. The van der Waals surface area contributed by atoms with Crippen LogP contribution in [0, 0.1) is 0 Å². The summed E-state index contributed by atoms with van der Waals surface area (Å²) in [4.78, 5) is 0. The lowest BCUT2D eigenvalue weighted by atomic mass is 10.2. The van der Waals surface area contributed by atoms with Crippen molar-refractivity contribution in [2.24, 2.45) is 0 Å². The van der Waals surface area contributed by atoms with Gasteiger partial charge in [0.25, 0.3) is 0 Å². The van der Waals surface area contributed by atoms with Gasteiger partial charge in [-0.25, -0.2) is 0 Å². The highest BCUT2D eigenvalue weighted by molar-refractivity contribution is 7.90. The van der Waals surface area contributed by atoms with Crippen molar-refractivity contribution in [3.05, 3.63) is 23.8 Å². The van der Waals surface area contributed by atoms with Crippen LogP contribution in [0.15, 0.2) is 18.2 Å². The maximum absolute atomic E-state index is 12.1. The molecular weight excluding hydrogens is 284 g/mol. The highest BCUT2D eigenvalue weighted by Gasteiger charge is 2.18. The van der Waals surface area contributed by atoms with Gasteiger partial charge in [-0.15, -0.1) is 0 Å². The first-order valence-corrected chi connectivity index (χ1v) is 7.38. The lowest BCUT2D eigenvalue weighted by molar-refractivity contribution is 0.184. The van der Waals surface area contributed by atoms with Crippen LogP contribution in [0.3, 0.4) is 0 Å². The molecule has 0 aliphatic carbocycles. The fourth-order valence-corrected chi connectivity index (χ4v) is 2.46. The first-order chi connectivity index (χ1) is 9.40. The van der Waals surface area contributed by atoms with Gasteiger partial charge >= 0.3 is 10.2 Å². The number of rotatable bonds is 8. The van der Waals surface area contributed by atoms with E-state index in [0.29, 0.717) is 17.9 Å². The molecule has 0 aliphatic heterocycles. The van der Waals surface area contributed by atoms with E-state index < -0.39 is 10.2 Å². The first kappa shape index (κ1) is 16.7. The minimum Gasteiger partial charge on any atom is -0.508 e. The van der Waals surface area contributed by atoms with Crippen LogP contribution in [-0.2, 0) is 26.3 Å². The van der Waals surface area contributed by atoms with Crippen LogP contribution in [0.1, 0.15) is 5.56 Å². The molecule has 20 heavy (non-hydrogen) atoms. The molecule has 0 saturated heterocycles. The molecule has 0 fully saturated rings. The molecule has 0 aliphatic rings. The summed E-state index contributed by atoms with van der Waals surface area (Å²) in [7, 11) is 0.781. The number of likely N-dealkylation sites (N-methyl/N-ethyl adjacent to an activating group) is 1. The molecule has 1 rings (SSSR count). The van der Waals surface area contributed by atoms with Crippen molar-refractivity contribution in [3.8, 4) is 5.75 Å². The number of aromatic hydroxyl groups is 1. The molecule has 1 aromatic rings. The number of phenols is 1. The van der Waals surface area contributed by atoms with Crippen molar-refractivity contribution in [2.75, 3.05) is 39.1 Å². The summed E-state index contributed by atoms with van der Waals surface area (Å²) in [6.45, 7) is 0.732. The summed E-state index contributed by atoms with van der Waals surface area (Å²) in [5.41, 5.74) is 0.921. The van der Waals surface area contributed by atoms with Crippen LogP contribution in [0.25, 0.3) is 0 Å². The Morgan fingerprint density at radius 3 is 2.60 bits per heavy atom. The lowest BCUT2D eigenvalue weighted by Crippen LogP contribution is -2.35. The van der Waals surface area contributed by atoms with Crippen LogP contribution >= 0.6 is 0 Å². The quantitative estimate of drug-likeness (QED) is 0.693. The van der Waals surface area contributed by atoms with Gasteiger partial charge in [0.15, 0.2) is 0 Å². The fraction of sp³-hybridized carbons (Fsp3) is 0.500. The molecule has 0 aromatic heterocycles. The molecule has 114 valence electrons. The second-order valence-electron chi connectivity index (χ2n) is 4.20. The summed E-state index contributed by atoms with van der Waals surface area (Å²) in [6, 6.07) is 4.36. The number of ether oxygens (including phenoxy) is 2. The van der Waals surface area contributed by atoms with Crippen molar-refractivity contribution < 1.29 is 23.0 Å². The lowest BCUT2D eigenvalue weighted by Gasteiger charge is -2.19. The van der Waals surface area contributed by atoms with Crippen molar-refractivity contribution in [2.45, 2.75) is 6.61 Å². The Morgan fingerprint density at radius 2 is 2.00 bits per heavy atom. The zero-order valence-electron chi connectivity index (χ0n) is 11.8. The van der Waals surface area contributed by atoms with Crippen LogP contribution < -0.4 is 4.72 Å². The van der Waals surface area contributed by atoms with Crippen molar-refractivity contribution in [1.29, 1.82) is 0 Å². The van der Waals surface area contributed by atoms with Gasteiger partial charge in [0.05, 0.1) is 18.9 Å². The Labute approximate surface area is 119 Å². The Bertz CT molecular complexity index is 533. The summed E-state index contributed by atoms with van der Waals surface area (Å²) >= 11 is 0. The average molecular weight is 304 g/mol. The number of nitrogens with zero attached hydrogens (tertiary/aromatic N) is 1. The van der Waals surface area contributed by atoms with E-state index in [0.717, 1.165) is 4.31 Å². The molecule has 2 N–H and O–H groups in total. The highest BCUT2D eigenvalue weighted by atomic mass is 32.2. The topological polar surface area (TPSA) is 88.1 Å². The SMILES string of the molecule is COCCN(C)S(=O)(=O)Nc1ccc(O)cc1COC. The smallest absolute Gasteiger partial charge is 0.301 e. The van der Waals surface area contributed by atoms with E-state index in [1.807, 2.05) is 0 Å². The molecule has 0 heterocycles. The molecule has 7 nitrogen and oxygen atoms in total. The molecule has 1 aromatic carbocycles. The van der Waals surface area contributed by atoms with E-state index >= 15 is 0 Å². The van der Waals surface area contributed by atoms with E-state index in [1.54, 1.807) is 0 Å². The van der Waals surface area contributed by atoms with E-state index in [-0.39, 0.29) is 18.9 Å². The Morgan fingerprint density at radius 1 is 1.30 bits per heavy atom. The molecule has 0 unspecified atom stereocenters. The number of phenolic OH excluding ortho intramolecular Hbond substituents is 1. The fourth-order valence-electron chi connectivity index (χ4n) is 1.51. The van der Waals surface area contributed by atoms with Crippen LogP contribution in [-0.4, -0.2) is 52.2 Å². The van der Waals surface area contributed by atoms with Gasteiger partial charge in [-0.05, 0) is 18.2 Å². The van der Waals surface area contributed by atoms with Crippen LogP contribution in [0.5, 0.6) is 5.75 Å². The summed E-state index contributed by atoms with van der Waals surface area (Å²) in [6.07, 6.45) is 0. The van der Waals surface area contributed by atoms with Gasteiger partial charge in [-0.2, -0.15) is 12.7 Å². The monoisotopic (exact) mass is 304 g/mol. The zero-order valence-corrected chi connectivity index (χ0v) is 12.6. The first-order valence-electron chi connectivity index (χ1n) is 5.94. The molecule has 8 heteroatoms. The number of anilines is 1. The van der Waals surface area contributed by atoms with Gasteiger partial charge in [0, 0.05) is 33.4 Å². The third kappa shape index (κ3) is 4.64. The van der Waals surface area contributed by atoms with E-state index in [4.69, 9.17) is 9.47 Å². The standard InChI is InChI=1S/C12H20N2O5S/c1-14(6-7-18-2)20(16,17)13-12-5-4-11(15)8-10(12)9-19-3/h4-5,8,13,15H,6-7,9H2,1-3H3. The van der Waals surface area contributed by atoms with Crippen LogP contribution in [0.4, 0.5) is 5.69 Å². The van der Waals surface area contributed by atoms with Crippen molar-refractivity contribution in [3.63, 3.8) is 0 Å². The Kier molecular flexibility index (Phi) is 6.21. The zero-order chi connectivity index (χ0) is 15.2. The minimum atomic E-state index is -3.67. The minimum absolute atomic E-state index is 0.0488. The number of methoxy groups -OCH3 is 2. The highest BCUT2D eigenvalue weighted by Crippen LogP contribution is 2.23. The molecule has 0 atom stereocenters. The summed E-state index contributed by atoms with van der Waals surface area (Å²) in [5.74, 6) is 0.0488. The Balaban J connectivity index is 2.91. The molecule has 0 bridgehead atoms. The van der Waals surface area contributed by atoms with Gasteiger partial charge in [-0.1, -0.05) is 0 Å². The maximum Gasteiger partial charge on any atom is 0.301 e. The van der Waals surface area contributed by atoms with E-state index in [1.165, 1.54) is 39.5 Å². The van der Waals surface area contributed by atoms with Crippen molar-refractivity contribution in [1.82, 2.24) is 4.31 Å². The Hall–Kier alpha value is -1.35. The second kappa shape index (κ2) is 7.44. The normalized spacial score (nSPS) is 11.8. The van der Waals surface area contributed by atoms with Gasteiger partial charge in [0.2, 0.25) is 0 Å². The summed E-state index contributed by atoms with van der Waals surface area (Å²) in [5, 5.41) is 9.43. The largest absolute Gasteiger partial charge is 0.508 e. The predicted octanol–water partition coefficient (Wildman–Crippen LogP) is 0.773. The average Bonchev–Trinajstić information content (AvgIpc) is 2.39. The van der Waals surface area contributed by atoms with Crippen LogP contribution in [0.2, 0.25) is 0 Å². The van der Waals surface area contributed by atoms with Gasteiger partial charge in [0.1, 0.15) is 5.75 Å².